The average molecular weight is 254 g/mol. The second-order valence-electron chi connectivity index (χ2n) is 4.24. The molecule has 1 aliphatic carbocycles. The lowest BCUT2D eigenvalue weighted by molar-refractivity contribution is -0.142. The summed E-state index contributed by atoms with van der Waals surface area (Å²) >= 11 is 1.30. The number of hydrogen-bond donors (Lipinski definition) is 1. The largest absolute Gasteiger partial charge is 0.480 e. The zero-order valence-electron chi connectivity index (χ0n) is 8.61. The fraction of sp³-hybridized carbons (Fsp3) is 0.250. The van der Waals surface area contributed by atoms with E-state index in [0.717, 1.165) is 4.70 Å². The topological polar surface area (TPSA) is 37.3 Å². The fourth-order valence-electron chi connectivity index (χ4n) is 2.24. The molecule has 2 aromatic rings. The van der Waals surface area contributed by atoms with Crippen molar-refractivity contribution in [2.24, 2.45) is 0 Å². The van der Waals surface area contributed by atoms with E-state index >= 15 is 0 Å². The van der Waals surface area contributed by atoms with Crippen molar-refractivity contribution in [3.63, 3.8) is 0 Å². The Morgan fingerprint density at radius 1 is 1.35 bits per heavy atom. The molecule has 0 spiro atoms. The summed E-state index contributed by atoms with van der Waals surface area (Å²) in [4.78, 5) is 11.2. The highest BCUT2D eigenvalue weighted by Crippen LogP contribution is 2.63. The highest BCUT2D eigenvalue weighted by Gasteiger charge is 2.77. The van der Waals surface area contributed by atoms with Crippen molar-refractivity contribution in [1.82, 2.24) is 0 Å². The summed E-state index contributed by atoms with van der Waals surface area (Å²) in [5.74, 6) is -4.58. The number of carboxylic acids is 1. The Kier molecular flexibility index (Phi) is 1.91. The maximum atomic E-state index is 13.4. The third-order valence-electron chi connectivity index (χ3n) is 3.29. The van der Waals surface area contributed by atoms with Crippen LogP contribution in [0.4, 0.5) is 8.78 Å². The average Bonchev–Trinajstić information content (AvgIpc) is 2.70. The molecule has 0 amide bonds. The third kappa shape index (κ3) is 1.20. The number of carboxylic acid groups (broad SMARTS) is 1. The first-order valence-electron chi connectivity index (χ1n) is 5.07. The first-order valence-corrected chi connectivity index (χ1v) is 5.95. The van der Waals surface area contributed by atoms with E-state index in [1.54, 1.807) is 29.6 Å². The predicted molar refractivity (Wildman–Crippen MR) is 60.7 cm³/mol. The molecule has 0 aliphatic heterocycles. The molecular formula is C12H8F2O2S. The van der Waals surface area contributed by atoms with Crippen LogP contribution in [0.5, 0.6) is 0 Å². The number of alkyl halides is 2. The van der Waals surface area contributed by atoms with Gasteiger partial charge in [-0.05, 0) is 22.4 Å². The van der Waals surface area contributed by atoms with Crippen LogP contribution in [0.2, 0.25) is 0 Å². The predicted octanol–water partition coefficient (Wildman–Crippen LogP) is 3.26. The third-order valence-corrected chi connectivity index (χ3v) is 4.26. The molecule has 0 bridgehead atoms. The smallest absolute Gasteiger partial charge is 0.320 e. The Bertz CT molecular complexity index is 620. The van der Waals surface area contributed by atoms with Crippen LogP contribution >= 0.6 is 11.3 Å². The molecule has 1 aromatic heterocycles. The number of hydrogen-bond acceptors (Lipinski definition) is 2. The van der Waals surface area contributed by atoms with E-state index in [-0.39, 0.29) is 5.56 Å². The van der Waals surface area contributed by atoms with Crippen LogP contribution < -0.4 is 0 Å². The van der Waals surface area contributed by atoms with Crippen molar-refractivity contribution in [2.75, 3.05) is 0 Å². The SMILES string of the molecule is O=C(O)C1(c2csc3ccccc23)CC1(F)F. The van der Waals surface area contributed by atoms with Gasteiger partial charge in [0.2, 0.25) is 0 Å². The van der Waals surface area contributed by atoms with Crippen molar-refractivity contribution >= 4 is 27.4 Å². The molecule has 1 aromatic carbocycles. The van der Waals surface area contributed by atoms with Gasteiger partial charge in [-0.1, -0.05) is 18.2 Å². The summed E-state index contributed by atoms with van der Waals surface area (Å²) in [5, 5.41) is 11.3. The molecule has 17 heavy (non-hydrogen) atoms. The lowest BCUT2D eigenvalue weighted by atomic mass is 9.95. The second-order valence-corrected chi connectivity index (χ2v) is 5.15. The lowest BCUT2D eigenvalue weighted by Crippen LogP contribution is -2.26. The van der Waals surface area contributed by atoms with Crippen molar-refractivity contribution in [3.8, 4) is 0 Å². The maximum Gasteiger partial charge on any atom is 0.320 e. The number of halogens is 2. The van der Waals surface area contributed by atoms with Crippen LogP contribution in [0, 0.1) is 0 Å². The molecule has 1 unspecified atom stereocenters. The van der Waals surface area contributed by atoms with Gasteiger partial charge in [0.05, 0.1) is 0 Å². The second kappa shape index (κ2) is 3.04. The van der Waals surface area contributed by atoms with Gasteiger partial charge in [0.25, 0.3) is 5.92 Å². The lowest BCUT2D eigenvalue weighted by Gasteiger charge is -2.10. The summed E-state index contributed by atoms with van der Waals surface area (Å²) < 4.78 is 27.7. The molecule has 2 nitrogen and oxygen atoms in total. The number of fused-ring (bicyclic) bond motifs is 1. The van der Waals surface area contributed by atoms with Crippen LogP contribution in [-0.4, -0.2) is 17.0 Å². The van der Waals surface area contributed by atoms with Crippen molar-refractivity contribution in [2.45, 2.75) is 17.8 Å². The van der Waals surface area contributed by atoms with Crippen LogP contribution in [0.1, 0.15) is 12.0 Å². The minimum absolute atomic E-state index is 0.246. The molecule has 88 valence electrons. The van der Waals surface area contributed by atoms with Gasteiger partial charge in [-0.15, -0.1) is 11.3 Å². The summed E-state index contributed by atoms with van der Waals surface area (Å²) in [7, 11) is 0. The Morgan fingerprint density at radius 3 is 2.59 bits per heavy atom. The van der Waals surface area contributed by atoms with Crippen LogP contribution in [0.15, 0.2) is 29.6 Å². The van der Waals surface area contributed by atoms with E-state index < -0.39 is 23.7 Å². The van der Waals surface area contributed by atoms with Gasteiger partial charge >= 0.3 is 5.97 Å². The van der Waals surface area contributed by atoms with E-state index in [1.165, 1.54) is 11.3 Å². The molecule has 1 aliphatic rings. The number of carbonyl (C=O) groups is 1. The Balaban J connectivity index is 2.25. The summed E-state index contributed by atoms with van der Waals surface area (Å²) in [6.45, 7) is 0. The molecule has 1 N–H and O–H groups in total. The fourth-order valence-corrected chi connectivity index (χ4v) is 3.27. The van der Waals surface area contributed by atoms with E-state index in [2.05, 4.69) is 0 Å². The maximum absolute atomic E-state index is 13.4. The van der Waals surface area contributed by atoms with Gasteiger partial charge in [0.15, 0.2) is 5.41 Å². The quantitative estimate of drug-likeness (QED) is 0.893. The van der Waals surface area contributed by atoms with Crippen molar-refractivity contribution in [3.05, 3.63) is 35.2 Å². The normalized spacial score (nSPS) is 26.0. The van der Waals surface area contributed by atoms with E-state index in [9.17, 15) is 13.6 Å². The molecule has 1 heterocycles. The van der Waals surface area contributed by atoms with E-state index in [0.29, 0.717) is 5.39 Å². The minimum atomic E-state index is -3.14. The highest BCUT2D eigenvalue weighted by molar-refractivity contribution is 7.17. The summed E-state index contributed by atoms with van der Waals surface area (Å²) in [6, 6.07) is 7.04. The molecule has 1 saturated carbocycles. The van der Waals surface area contributed by atoms with Crippen molar-refractivity contribution in [1.29, 1.82) is 0 Å². The summed E-state index contributed by atoms with van der Waals surface area (Å²) in [6.07, 6.45) is -0.601. The molecule has 1 fully saturated rings. The van der Waals surface area contributed by atoms with Gasteiger partial charge in [0.1, 0.15) is 0 Å². The van der Waals surface area contributed by atoms with Crippen LogP contribution in [-0.2, 0) is 10.2 Å². The van der Waals surface area contributed by atoms with Gasteiger partial charge < -0.3 is 5.11 Å². The molecule has 5 heteroatoms. The molecule has 1 atom stereocenters. The Labute approximate surface area is 99.5 Å². The first kappa shape index (κ1) is 10.7. The van der Waals surface area contributed by atoms with Crippen molar-refractivity contribution < 1.29 is 18.7 Å². The zero-order valence-corrected chi connectivity index (χ0v) is 9.43. The number of thiophene rings is 1. The number of rotatable bonds is 2. The van der Waals surface area contributed by atoms with E-state index in [4.69, 9.17) is 5.11 Å². The van der Waals surface area contributed by atoms with Gasteiger partial charge in [-0.3, -0.25) is 4.79 Å². The van der Waals surface area contributed by atoms with Gasteiger partial charge in [0, 0.05) is 11.1 Å². The van der Waals surface area contributed by atoms with E-state index in [1.807, 2.05) is 0 Å². The van der Waals surface area contributed by atoms with Crippen LogP contribution in [0.3, 0.4) is 0 Å². The number of aliphatic carboxylic acids is 1. The monoisotopic (exact) mass is 254 g/mol. The minimum Gasteiger partial charge on any atom is -0.480 e. The summed E-state index contributed by atoms with van der Waals surface area (Å²) in [5.41, 5.74) is -1.76. The molecule has 3 rings (SSSR count). The zero-order chi connectivity index (χ0) is 12.3. The first-order chi connectivity index (χ1) is 7.99. The Morgan fingerprint density at radius 2 is 2.00 bits per heavy atom. The van der Waals surface area contributed by atoms with Crippen LogP contribution in [0.25, 0.3) is 10.1 Å². The standard InChI is InChI=1S/C12H8F2O2S/c13-12(14)6-11(12,10(15)16)8-5-17-9-4-2-1-3-7(8)9/h1-5H,6H2,(H,15,16). The molecule has 0 saturated heterocycles. The Hall–Kier alpha value is -1.49. The molecular weight excluding hydrogens is 246 g/mol. The number of benzene rings is 1. The molecule has 0 radical (unpaired) electrons. The van der Waals surface area contributed by atoms with Gasteiger partial charge in [-0.25, -0.2) is 8.78 Å². The van der Waals surface area contributed by atoms with Gasteiger partial charge in [-0.2, -0.15) is 0 Å². The highest BCUT2D eigenvalue weighted by atomic mass is 32.1.